The third-order valence-corrected chi connectivity index (χ3v) is 4.80. The van der Waals surface area contributed by atoms with E-state index in [9.17, 15) is 5.11 Å². The summed E-state index contributed by atoms with van der Waals surface area (Å²) in [6, 6.07) is 5.93. The predicted octanol–water partition coefficient (Wildman–Crippen LogP) is 2.74. The molecule has 1 aromatic carbocycles. The molecular weight excluding hydrogens is 302 g/mol. The number of fused-ring (bicyclic) bond motifs is 1. The molecule has 0 radical (unpaired) electrons. The molecule has 1 atom stereocenters. The van der Waals surface area contributed by atoms with Gasteiger partial charge in [0.1, 0.15) is 11.4 Å². The zero-order valence-corrected chi connectivity index (χ0v) is 14.0. The molecule has 0 spiro atoms. The summed E-state index contributed by atoms with van der Waals surface area (Å²) in [4.78, 5) is 0. The number of hydrogen-bond acceptors (Lipinski definition) is 5. The quantitative estimate of drug-likeness (QED) is 0.758. The number of phenolic OH excluding ortho intramolecular Hbond substituents is 1. The summed E-state index contributed by atoms with van der Waals surface area (Å²) < 4.78 is 1.99. The molecule has 6 nitrogen and oxygen atoms in total. The van der Waals surface area contributed by atoms with E-state index in [0.29, 0.717) is 17.3 Å². The number of phenols is 1. The van der Waals surface area contributed by atoms with Gasteiger partial charge in [0, 0.05) is 17.5 Å². The van der Waals surface area contributed by atoms with E-state index in [1.807, 2.05) is 36.9 Å². The minimum atomic E-state index is 0.232. The van der Waals surface area contributed by atoms with Gasteiger partial charge < -0.3 is 10.4 Å². The lowest BCUT2D eigenvalue weighted by Gasteiger charge is -2.23. The second-order valence-electron chi connectivity index (χ2n) is 6.52. The molecule has 4 rings (SSSR count). The van der Waals surface area contributed by atoms with E-state index >= 15 is 0 Å². The summed E-state index contributed by atoms with van der Waals surface area (Å²) in [7, 11) is 0. The summed E-state index contributed by atoms with van der Waals surface area (Å²) in [6.45, 7) is 5.94. The van der Waals surface area contributed by atoms with E-state index < -0.39 is 0 Å². The molecule has 6 heteroatoms. The molecule has 1 aliphatic heterocycles. The van der Waals surface area contributed by atoms with E-state index in [2.05, 4.69) is 20.6 Å². The first kappa shape index (κ1) is 15.1. The van der Waals surface area contributed by atoms with Crippen LogP contribution in [0.5, 0.6) is 5.75 Å². The van der Waals surface area contributed by atoms with Crippen molar-refractivity contribution in [2.24, 2.45) is 0 Å². The van der Waals surface area contributed by atoms with Crippen molar-refractivity contribution in [2.75, 3.05) is 13.1 Å². The molecule has 2 N–H and O–H groups in total. The van der Waals surface area contributed by atoms with Crippen molar-refractivity contribution in [3.05, 3.63) is 35.5 Å². The zero-order valence-electron chi connectivity index (χ0n) is 14.0. The summed E-state index contributed by atoms with van der Waals surface area (Å²) in [5.41, 5.74) is 4.24. The standard InChI is InChI=1S/C18H21N5O/c1-11-5-6-14(16(24)8-11)17-12(2)15-10-20-23(18(15)22-21-17)13-4-3-7-19-9-13/h5-6,8,10,13,19,24H,3-4,7,9H2,1-2H3. The minimum Gasteiger partial charge on any atom is -0.507 e. The van der Waals surface area contributed by atoms with E-state index in [1.165, 1.54) is 0 Å². The van der Waals surface area contributed by atoms with Gasteiger partial charge in [-0.25, -0.2) is 4.68 Å². The molecular formula is C18H21N5O. The Labute approximate surface area is 140 Å². The molecule has 0 bridgehead atoms. The van der Waals surface area contributed by atoms with Crippen molar-refractivity contribution in [3.63, 3.8) is 0 Å². The summed E-state index contributed by atoms with van der Waals surface area (Å²) in [6.07, 6.45) is 4.11. The first-order valence-electron chi connectivity index (χ1n) is 8.36. The van der Waals surface area contributed by atoms with Gasteiger partial charge >= 0.3 is 0 Å². The number of piperidine rings is 1. The normalized spacial score (nSPS) is 18.2. The smallest absolute Gasteiger partial charge is 0.181 e. The molecule has 1 saturated heterocycles. The van der Waals surface area contributed by atoms with E-state index in [1.54, 1.807) is 6.07 Å². The summed E-state index contributed by atoms with van der Waals surface area (Å²) in [5.74, 6) is 0.232. The van der Waals surface area contributed by atoms with Gasteiger partial charge in [0.25, 0.3) is 0 Å². The Kier molecular flexibility index (Phi) is 3.69. The fraction of sp³-hybridized carbons (Fsp3) is 0.389. The van der Waals surface area contributed by atoms with Crippen LogP contribution in [0, 0.1) is 13.8 Å². The summed E-state index contributed by atoms with van der Waals surface area (Å²) in [5, 5.41) is 28.1. The van der Waals surface area contributed by atoms with Gasteiger partial charge in [-0.2, -0.15) is 5.10 Å². The lowest BCUT2D eigenvalue weighted by atomic mass is 10.0. The predicted molar refractivity (Wildman–Crippen MR) is 93.0 cm³/mol. The van der Waals surface area contributed by atoms with Crippen molar-refractivity contribution in [1.82, 2.24) is 25.3 Å². The van der Waals surface area contributed by atoms with Crippen molar-refractivity contribution >= 4 is 11.0 Å². The lowest BCUT2D eigenvalue weighted by Crippen LogP contribution is -2.32. The molecule has 1 aliphatic rings. The van der Waals surface area contributed by atoms with Crippen LogP contribution in [-0.4, -0.2) is 38.2 Å². The van der Waals surface area contributed by atoms with Gasteiger partial charge in [-0.15, -0.1) is 10.2 Å². The van der Waals surface area contributed by atoms with Crippen LogP contribution in [0.15, 0.2) is 24.4 Å². The van der Waals surface area contributed by atoms with Crippen molar-refractivity contribution in [2.45, 2.75) is 32.7 Å². The minimum absolute atomic E-state index is 0.232. The van der Waals surface area contributed by atoms with Crippen LogP contribution >= 0.6 is 0 Å². The zero-order chi connectivity index (χ0) is 16.7. The Bertz CT molecular complexity index is 896. The second-order valence-corrected chi connectivity index (χ2v) is 6.52. The highest BCUT2D eigenvalue weighted by Crippen LogP contribution is 2.33. The highest BCUT2D eigenvalue weighted by molar-refractivity contribution is 5.85. The third-order valence-electron chi connectivity index (χ3n) is 4.80. The molecule has 0 amide bonds. The van der Waals surface area contributed by atoms with Gasteiger partial charge in [0.15, 0.2) is 5.65 Å². The topological polar surface area (TPSA) is 75.9 Å². The Hall–Kier alpha value is -2.47. The van der Waals surface area contributed by atoms with Crippen LogP contribution in [0.25, 0.3) is 22.3 Å². The van der Waals surface area contributed by atoms with Gasteiger partial charge in [-0.1, -0.05) is 6.07 Å². The molecule has 0 aliphatic carbocycles. The summed E-state index contributed by atoms with van der Waals surface area (Å²) >= 11 is 0. The SMILES string of the molecule is Cc1ccc(-c2nnc3c(cnn3C3CCCNC3)c2C)c(O)c1. The van der Waals surface area contributed by atoms with Crippen LogP contribution < -0.4 is 5.32 Å². The molecule has 3 aromatic rings. The highest BCUT2D eigenvalue weighted by Gasteiger charge is 2.21. The number of nitrogens with one attached hydrogen (secondary N) is 1. The first-order valence-corrected chi connectivity index (χ1v) is 8.36. The first-order chi connectivity index (χ1) is 11.6. The van der Waals surface area contributed by atoms with Crippen molar-refractivity contribution < 1.29 is 5.11 Å². The van der Waals surface area contributed by atoms with Crippen LogP contribution in [0.4, 0.5) is 0 Å². The maximum atomic E-state index is 10.3. The number of hydrogen-bond donors (Lipinski definition) is 2. The Morgan fingerprint density at radius 2 is 2.12 bits per heavy atom. The third kappa shape index (κ3) is 2.43. The fourth-order valence-corrected chi connectivity index (χ4v) is 3.43. The number of benzene rings is 1. The van der Waals surface area contributed by atoms with Gasteiger partial charge in [0.05, 0.1) is 12.2 Å². The highest BCUT2D eigenvalue weighted by atomic mass is 16.3. The van der Waals surface area contributed by atoms with Crippen LogP contribution in [0.1, 0.15) is 30.0 Å². The molecule has 3 heterocycles. The Balaban J connectivity index is 1.81. The van der Waals surface area contributed by atoms with Crippen molar-refractivity contribution in [3.8, 4) is 17.0 Å². The van der Waals surface area contributed by atoms with Crippen molar-refractivity contribution in [1.29, 1.82) is 0 Å². The number of rotatable bonds is 2. The maximum Gasteiger partial charge on any atom is 0.181 e. The van der Waals surface area contributed by atoms with Crippen LogP contribution in [-0.2, 0) is 0 Å². The molecule has 0 saturated carbocycles. The number of aromatic hydroxyl groups is 1. The number of aromatic nitrogens is 4. The van der Waals surface area contributed by atoms with E-state index in [-0.39, 0.29) is 5.75 Å². The Morgan fingerprint density at radius 3 is 2.88 bits per heavy atom. The monoisotopic (exact) mass is 323 g/mol. The average molecular weight is 323 g/mol. The van der Waals surface area contributed by atoms with Crippen LogP contribution in [0.3, 0.4) is 0 Å². The number of aryl methyl sites for hydroxylation is 2. The lowest BCUT2D eigenvalue weighted by molar-refractivity contribution is 0.353. The van der Waals surface area contributed by atoms with Gasteiger partial charge in [-0.05, 0) is 56.5 Å². The van der Waals surface area contributed by atoms with E-state index in [0.717, 1.165) is 48.1 Å². The fourth-order valence-electron chi connectivity index (χ4n) is 3.43. The molecule has 1 fully saturated rings. The van der Waals surface area contributed by atoms with Crippen LogP contribution in [0.2, 0.25) is 0 Å². The number of nitrogens with zero attached hydrogens (tertiary/aromatic N) is 4. The maximum absolute atomic E-state index is 10.3. The largest absolute Gasteiger partial charge is 0.507 e. The molecule has 2 aromatic heterocycles. The second kappa shape index (κ2) is 5.87. The van der Waals surface area contributed by atoms with Gasteiger partial charge in [0.2, 0.25) is 0 Å². The molecule has 124 valence electrons. The molecule has 1 unspecified atom stereocenters. The van der Waals surface area contributed by atoms with E-state index in [4.69, 9.17) is 0 Å². The Morgan fingerprint density at radius 1 is 1.25 bits per heavy atom. The van der Waals surface area contributed by atoms with Gasteiger partial charge in [-0.3, -0.25) is 0 Å². The average Bonchev–Trinajstić information content (AvgIpc) is 3.02. The molecule has 24 heavy (non-hydrogen) atoms.